The Morgan fingerprint density at radius 3 is 1.97 bits per heavy atom. The van der Waals surface area contributed by atoms with E-state index in [0.29, 0.717) is 19.5 Å². The van der Waals surface area contributed by atoms with Crippen molar-refractivity contribution >= 4 is 5.97 Å². The molecule has 6 heteroatoms. The molecular weight excluding hydrogens is 427 g/mol. The smallest absolute Gasteiger partial charge is 0.416 e. The zero-order valence-electron chi connectivity index (χ0n) is 19.1. The molecule has 0 fully saturated rings. The molecule has 0 saturated carbocycles. The van der Waals surface area contributed by atoms with Gasteiger partial charge in [0, 0.05) is 31.5 Å². The van der Waals surface area contributed by atoms with E-state index in [1.807, 2.05) is 24.3 Å². The lowest BCUT2D eigenvalue weighted by atomic mass is 10.1. The first-order valence-electron chi connectivity index (χ1n) is 11.4. The maximum absolute atomic E-state index is 12.6. The number of ether oxygens (including phenoxy) is 1. The van der Waals surface area contributed by atoms with Gasteiger partial charge in [0.05, 0.1) is 12.7 Å². The van der Waals surface area contributed by atoms with Crippen LogP contribution in [0.5, 0.6) is 0 Å². The second kappa shape index (κ2) is 14.4. The Bertz CT molecular complexity index is 894. The summed E-state index contributed by atoms with van der Waals surface area (Å²) in [5, 5.41) is 3.25. The molecule has 0 unspecified atom stereocenters. The minimum Gasteiger partial charge on any atom is -0.469 e. The van der Waals surface area contributed by atoms with Crippen LogP contribution in [0, 0.1) is 11.8 Å². The van der Waals surface area contributed by atoms with Crippen LogP contribution in [0.1, 0.15) is 73.6 Å². The molecule has 2 aromatic carbocycles. The summed E-state index contributed by atoms with van der Waals surface area (Å²) < 4.78 is 42.4. The predicted molar refractivity (Wildman–Crippen MR) is 124 cm³/mol. The van der Waals surface area contributed by atoms with Crippen LogP contribution >= 0.6 is 0 Å². The van der Waals surface area contributed by atoms with Gasteiger partial charge in [-0.2, -0.15) is 13.2 Å². The van der Waals surface area contributed by atoms with Gasteiger partial charge >= 0.3 is 12.1 Å². The fourth-order valence-electron chi connectivity index (χ4n) is 3.33. The SMILES string of the molecule is COC(=O)CCCCCCCCC#Cc1ccc(CNCc2ccc(C(F)(F)F)cc2)cc1. The van der Waals surface area contributed by atoms with Gasteiger partial charge in [0.1, 0.15) is 0 Å². The molecule has 0 aromatic heterocycles. The van der Waals surface area contributed by atoms with Crippen LogP contribution < -0.4 is 5.32 Å². The van der Waals surface area contributed by atoms with Crippen LogP contribution in [-0.2, 0) is 28.8 Å². The zero-order chi connectivity index (χ0) is 23.9. The molecule has 0 heterocycles. The fourth-order valence-corrected chi connectivity index (χ4v) is 3.33. The average Bonchev–Trinajstić information content (AvgIpc) is 2.80. The monoisotopic (exact) mass is 459 g/mol. The number of unbranched alkanes of at least 4 members (excludes halogenated alkanes) is 6. The first-order valence-corrected chi connectivity index (χ1v) is 11.4. The van der Waals surface area contributed by atoms with E-state index in [1.54, 1.807) is 0 Å². The minimum absolute atomic E-state index is 0.132. The molecule has 3 nitrogen and oxygen atoms in total. The van der Waals surface area contributed by atoms with Gasteiger partial charge in [-0.15, -0.1) is 0 Å². The van der Waals surface area contributed by atoms with Gasteiger partial charge in [0.15, 0.2) is 0 Å². The fraction of sp³-hybridized carbons (Fsp3) is 0.444. The molecule has 2 aromatic rings. The Kier molecular flexibility index (Phi) is 11.5. The number of halogens is 3. The number of benzene rings is 2. The molecule has 178 valence electrons. The second-order valence-electron chi connectivity index (χ2n) is 7.99. The quantitative estimate of drug-likeness (QED) is 0.220. The molecule has 0 spiro atoms. The van der Waals surface area contributed by atoms with Gasteiger partial charge in [0.25, 0.3) is 0 Å². The number of methoxy groups -OCH3 is 1. The maximum atomic E-state index is 12.6. The molecule has 0 aliphatic heterocycles. The molecule has 0 saturated heterocycles. The van der Waals surface area contributed by atoms with Gasteiger partial charge in [-0.25, -0.2) is 0 Å². The Balaban J connectivity index is 1.59. The zero-order valence-corrected chi connectivity index (χ0v) is 19.1. The van der Waals surface area contributed by atoms with Crippen molar-refractivity contribution < 1.29 is 22.7 Å². The molecule has 2 rings (SSSR count). The van der Waals surface area contributed by atoms with Crippen molar-refractivity contribution in [3.05, 3.63) is 70.8 Å². The van der Waals surface area contributed by atoms with Crippen molar-refractivity contribution in [1.82, 2.24) is 5.32 Å². The number of hydrogen-bond acceptors (Lipinski definition) is 3. The molecule has 0 aliphatic rings. The summed E-state index contributed by atoms with van der Waals surface area (Å²) in [5.41, 5.74) is 2.26. The van der Waals surface area contributed by atoms with E-state index in [-0.39, 0.29) is 5.97 Å². The summed E-state index contributed by atoms with van der Waals surface area (Å²) in [4.78, 5) is 11.0. The van der Waals surface area contributed by atoms with Gasteiger partial charge in [0.2, 0.25) is 0 Å². The highest BCUT2D eigenvalue weighted by Gasteiger charge is 2.29. The maximum Gasteiger partial charge on any atom is 0.416 e. The number of carbonyl (C=O) groups is 1. The van der Waals surface area contributed by atoms with E-state index < -0.39 is 11.7 Å². The number of nitrogens with one attached hydrogen (secondary N) is 1. The number of rotatable bonds is 12. The molecular formula is C27H32F3NO2. The topological polar surface area (TPSA) is 38.3 Å². The largest absolute Gasteiger partial charge is 0.469 e. The van der Waals surface area contributed by atoms with Gasteiger partial charge in [-0.3, -0.25) is 4.79 Å². The number of carbonyl (C=O) groups excluding carboxylic acids is 1. The van der Waals surface area contributed by atoms with Crippen LogP contribution in [0.25, 0.3) is 0 Å². The summed E-state index contributed by atoms with van der Waals surface area (Å²) in [6.45, 7) is 1.14. The third-order valence-electron chi connectivity index (χ3n) is 5.29. The Morgan fingerprint density at radius 2 is 1.39 bits per heavy atom. The van der Waals surface area contributed by atoms with E-state index in [1.165, 1.54) is 19.2 Å². The first-order chi connectivity index (χ1) is 15.9. The Hall–Kier alpha value is -2.78. The van der Waals surface area contributed by atoms with Crippen molar-refractivity contribution in [2.75, 3.05) is 7.11 Å². The number of alkyl halides is 3. The van der Waals surface area contributed by atoms with Crippen molar-refractivity contribution in [3.8, 4) is 11.8 Å². The molecule has 0 amide bonds. The van der Waals surface area contributed by atoms with Crippen LogP contribution in [0.15, 0.2) is 48.5 Å². The predicted octanol–water partition coefficient (Wildman–Crippen LogP) is 6.64. The van der Waals surface area contributed by atoms with Crippen LogP contribution in [-0.4, -0.2) is 13.1 Å². The minimum atomic E-state index is -4.30. The lowest BCUT2D eigenvalue weighted by Crippen LogP contribution is -2.13. The second-order valence-corrected chi connectivity index (χ2v) is 7.99. The molecule has 33 heavy (non-hydrogen) atoms. The molecule has 0 atom stereocenters. The molecule has 0 radical (unpaired) electrons. The summed E-state index contributed by atoms with van der Waals surface area (Å²) in [6, 6.07) is 13.2. The summed E-state index contributed by atoms with van der Waals surface area (Å²) in [7, 11) is 1.42. The van der Waals surface area contributed by atoms with Crippen molar-refractivity contribution in [2.45, 2.75) is 70.6 Å². The van der Waals surface area contributed by atoms with E-state index in [9.17, 15) is 18.0 Å². The lowest BCUT2D eigenvalue weighted by Gasteiger charge is -2.08. The highest BCUT2D eigenvalue weighted by Crippen LogP contribution is 2.29. The van der Waals surface area contributed by atoms with Gasteiger partial charge in [-0.05, 0) is 48.2 Å². The molecule has 1 N–H and O–H groups in total. The van der Waals surface area contributed by atoms with Gasteiger partial charge in [-0.1, -0.05) is 61.8 Å². The Morgan fingerprint density at radius 1 is 0.848 bits per heavy atom. The summed E-state index contributed by atoms with van der Waals surface area (Å²) in [6.07, 6.45) is 3.57. The van der Waals surface area contributed by atoms with E-state index in [2.05, 4.69) is 21.9 Å². The van der Waals surface area contributed by atoms with Crippen molar-refractivity contribution in [1.29, 1.82) is 0 Å². The van der Waals surface area contributed by atoms with Crippen LogP contribution in [0.3, 0.4) is 0 Å². The molecule has 0 bridgehead atoms. The number of hydrogen-bond donors (Lipinski definition) is 1. The normalized spacial score (nSPS) is 11.0. The summed E-state index contributed by atoms with van der Waals surface area (Å²) >= 11 is 0. The first kappa shape index (κ1) is 26.5. The van der Waals surface area contributed by atoms with Crippen LogP contribution in [0.2, 0.25) is 0 Å². The third-order valence-corrected chi connectivity index (χ3v) is 5.29. The van der Waals surface area contributed by atoms with E-state index in [0.717, 1.165) is 73.8 Å². The number of esters is 1. The Labute approximate surface area is 194 Å². The van der Waals surface area contributed by atoms with Gasteiger partial charge < -0.3 is 10.1 Å². The average molecular weight is 460 g/mol. The van der Waals surface area contributed by atoms with Crippen molar-refractivity contribution in [2.24, 2.45) is 0 Å². The lowest BCUT2D eigenvalue weighted by molar-refractivity contribution is -0.140. The molecule has 0 aliphatic carbocycles. The van der Waals surface area contributed by atoms with Crippen LogP contribution in [0.4, 0.5) is 13.2 Å². The highest BCUT2D eigenvalue weighted by molar-refractivity contribution is 5.68. The third kappa shape index (κ3) is 11.1. The van der Waals surface area contributed by atoms with E-state index >= 15 is 0 Å². The van der Waals surface area contributed by atoms with E-state index in [4.69, 9.17) is 0 Å². The standard InChI is InChI=1S/C27H32F3NO2/c1-33-26(32)11-9-7-5-3-2-4-6-8-10-22-12-14-23(15-13-22)20-31-21-24-16-18-25(19-17-24)27(28,29)30/h12-19,31H,2-7,9,11,20-21H2,1H3. The summed E-state index contributed by atoms with van der Waals surface area (Å²) in [5.74, 6) is 6.27. The highest BCUT2D eigenvalue weighted by atomic mass is 19.4. The van der Waals surface area contributed by atoms with Crippen molar-refractivity contribution in [3.63, 3.8) is 0 Å².